The molecule has 1 aromatic rings. The van der Waals surface area contributed by atoms with Gasteiger partial charge in [-0.05, 0) is 23.3 Å². The zero-order chi connectivity index (χ0) is 10.2. The molecule has 0 saturated carbocycles. The lowest BCUT2D eigenvalue weighted by atomic mass is 10.1. The molecule has 0 unspecified atom stereocenters. The van der Waals surface area contributed by atoms with Crippen molar-refractivity contribution < 1.29 is 8.42 Å². The Morgan fingerprint density at radius 1 is 1.29 bits per heavy atom. The second-order valence-electron chi connectivity index (χ2n) is 3.44. The number of benzene rings is 1. The Balaban J connectivity index is 2.48. The molecule has 4 heteroatoms. The van der Waals surface area contributed by atoms with E-state index in [9.17, 15) is 8.42 Å². The van der Waals surface area contributed by atoms with E-state index in [0.29, 0.717) is 4.90 Å². The fourth-order valence-corrected chi connectivity index (χ4v) is 2.56. The Labute approximate surface area is 84.1 Å². The third-order valence-corrected chi connectivity index (χ3v) is 4.28. The highest BCUT2D eigenvalue weighted by molar-refractivity contribution is 7.91. The fourth-order valence-electron chi connectivity index (χ4n) is 1.63. The first-order valence-corrected chi connectivity index (χ1v) is 6.34. The average molecular weight is 211 g/mol. The van der Waals surface area contributed by atoms with Gasteiger partial charge in [-0.25, -0.2) is 8.42 Å². The quantitative estimate of drug-likeness (QED) is 0.796. The predicted molar refractivity (Wildman–Crippen MR) is 54.7 cm³/mol. The van der Waals surface area contributed by atoms with Gasteiger partial charge in [0.25, 0.3) is 0 Å². The van der Waals surface area contributed by atoms with E-state index >= 15 is 0 Å². The Hall–Kier alpha value is -0.870. The van der Waals surface area contributed by atoms with Crippen molar-refractivity contribution in [3.05, 3.63) is 29.3 Å². The van der Waals surface area contributed by atoms with Gasteiger partial charge in [0.1, 0.15) is 0 Å². The molecule has 1 aliphatic heterocycles. The Kier molecular flexibility index (Phi) is 2.33. The first kappa shape index (κ1) is 9.68. The van der Waals surface area contributed by atoms with Crippen molar-refractivity contribution in [2.75, 3.05) is 5.75 Å². The van der Waals surface area contributed by atoms with E-state index < -0.39 is 9.84 Å². The average Bonchev–Trinajstić information content (AvgIpc) is 2.64. The molecule has 1 N–H and O–H groups in total. The number of nitrogens with one attached hydrogen (secondary N) is 1. The van der Waals surface area contributed by atoms with Crippen LogP contribution < -0.4 is 5.32 Å². The van der Waals surface area contributed by atoms with E-state index in [-0.39, 0.29) is 5.75 Å². The van der Waals surface area contributed by atoms with Crippen LogP contribution in [0.25, 0.3) is 0 Å². The summed E-state index contributed by atoms with van der Waals surface area (Å²) in [4.78, 5) is 0.447. The number of fused-ring (bicyclic) bond motifs is 1. The van der Waals surface area contributed by atoms with Gasteiger partial charge in [0.15, 0.2) is 9.84 Å². The first-order valence-electron chi connectivity index (χ1n) is 4.69. The van der Waals surface area contributed by atoms with Gasteiger partial charge in [-0.15, -0.1) is 0 Å². The molecule has 0 atom stereocenters. The van der Waals surface area contributed by atoms with Crippen LogP contribution in [-0.4, -0.2) is 14.2 Å². The molecule has 0 fully saturated rings. The minimum Gasteiger partial charge on any atom is -0.309 e. The van der Waals surface area contributed by atoms with Gasteiger partial charge in [0, 0.05) is 13.1 Å². The largest absolute Gasteiger partial charge is 0.309 e. The summed E-state index contributed by atoms with van der Waals surface area (Å²) in [5.74, 6) is 0.166. The lowest BCUT2D eigenvalue weighted by molar-refractivity contribution is 0.597. The Morgan fingerprint density at radius 2 is 2.00 bits per heavy atom. The van der Waals surface area contributed by atoms with Crippen molar-refractivity contribution in [2.24, 2.45) is 0 Å². The lowest BCUT2D eigenvalue weighted by Gasteiger charge is -2.03. The van der Waals surface area contributed by atoms with E-state index in [4.69, 9.17) is 0 Å². The number of rotatable bonds is 2. The van der Waals surface area contributed by atoms with Crippen molar-refractivity contribution in [1.29, 1.82) is 0 Å². The van der Waals surface area contributed by atoms with Crippen molar-refractivity contribution in [3.8, 4) is 0 Å². The Bertz CT molecular complexity index is 451. The van der Waals surface area contributed by atoms with Crippen molar-refractivity contribution in [3.63, 3.8) is 0 Å². The van der Waals surface area contributed by atoms with Gasteiger partial charge in [-0.3, -0.25) is 0 Å². The molecule has 0 radical (unpaired) electrons. The molecule has 3 nitrogen and oxygen atoms in total. The lowest BCUT2D eigenvalue weighted by Crippen LogP contribution is -2.04. The molecule has 0 aromatic heterocycles. The molecule has 1 heterocycles. The zero-order valence-corrected chi connectivity index (χ0v) is 8.89. The molecule has 2 rings (SSSR count). The van der Waals surface area contributed by atoms with Gasteiger partial charge in [-0.1, -0.05) is 13.0 Å². The summed E-state index contributed by atoms with van der Waals surface area (Å²) in [5.41, 5.74) is 2.32. The maximum atomic E-state index is 11.6. The standard InChI is InChI=1S/C10H13NO2S/c1-2-14(12,13)10-4-3-8-6-11-7-9(8)5-10/h3-5,11H,2,6-7H2,1H3. The van der Waals surface area contributed by atoms with E-state index in [2.05, 4.69) is 5.32 Å². The molecule has 0 spiro atoms. The summed E-state index contributed by atoms with van der Waals surface area (Å²) < 4.78 is 23.2. The van der Waals surface area contributed by atoms with Gasteiger partial charge < -0.3 is 5.32 Å². The Morgan fingerprint density at radius 3 is 2.71 bits per heavy atom. The molecule has 0 saturated heterocycles. The number of hydrogen-bond acceptors (Lipinski definition) is 3. The van der Waals surface area contributed by atoms with E-state index in [0.717, 1.165) is 18.7 Å². The minimum atomic E-state index is -3.05. The van der Waals surface area contributed by atoms with Crippen LogP contribution in [0.2, 0.25) is 0 Å². The van der Waals surface area contributed by atoms with Crippen LogP contribution in [-0.2, 0) is 22.9 Å². The maximum absolute atomic E-state index is 11.6. The third-order valence-electron chi connectivity index (χ3n) is 2.55. The minimum absolute atomic E-state index is 0.166. The highest BCUT2D eigenvalue weighted by Crippen LogP contribution is 2.20. The predicted octanol–water partition coefficient (Wildman–Crippen LogP) is 1.08. The van der Waals surface area contributed by atoms with Gasteiger partial charge in [0.2, 0.25) is 0 Å². The first-order chi connectivity index (χ1) is 6.63. The highest BCUT2D eigenvalue weighted by Gasteiger charge is 2.16. The van der Waals surface area contributed by atoms with Crippen LogP contribution in [0.5, 0.6) is 0 Å². The van der Waals surface area contributed by atoms with E-state index in [1.54, 1.807) is 19.1 Å². The zero-order valence-electron chi connectivity index (χ0n) is 8.08. The molecular weight excluding hydrogens is 198 g/mol. The van der Waals surface area contributed by atoms with Crippen LogP contribution in [0.1, 0.15) is 18.1 Å². The summed E-state index contributed by atoms with van der Waals surface area (Å²) in [6.07, 6.45) is 0. The second kappa shape index (κ2) is 3.37. The fraction of sp³-hybridized carbons (Fsp3) is 0.400. The summed E-state index contributed by atoms with van der Waals surface area (Å²) in [5, 5.41) is 3.19. The van der Waals surface area contributed by atoms with Gasteiger partial charge in [-0.2, -0.15) is 0 Å². The summed E-state index contributed by atoms with van der Waals surface area (Å²) in [7, 11) is -3.05. The van der Waals surface area contributed by atoms with Crippen LogP contribution in [0.4, 0.5) is 0 Å². The smallest absolute Gasteiger partial charge is 0.178 e. The number of sulfone groups is 1. The van der Waals surface area contributed by atoms with E-state index in [1.165, 1.54) is 5.56 Å². The van der Waals surface area contributed by atoms with Crippen LogP contribution in [0.15, 0.2) is 23.1 Å². The van der Waals surface area contributed by atoms with Crippen molar-refractivity contribution in [1.82, 2.24) is 5.32 Å². The molecular formula is C10H13NO2S. The van der Waals surface area contributed by atoms with E-state index in [1.807, 2.05) is 6.07 Å². The SMILES string of the molecule is CCS(=O)(=O)c1ccc2c(c1)CNC2. The molecule has 76 valence electrons. The molecule has 0 aliphatic carbocycles. The van der Waals surface area contributed by atoms with Crippen LogP contribution >= 0.6 is 0 Å². The summed E-state index contributed by atoms with van der Waals surface area (Å²) in [6, 6.07) is 5.39. The highest BCUT2D eigenvalue weighted by atomic mass is 32.2. The maximum Gasteiger partial charge on any atom is 0.178 e. The molecule has 14 heavy (non-hydrogen) atoms. The van der Waals surface area contributed by atoms with Crippen LogP contribution in [0, 0.1) is 0 Å². The molecule has 1 aliphatic rings. The summed E-state index contributed by atoms with van der Waals surface area (Å²) in [6.45, 7) is 3.30. The third kappa shape index (κ3) is 1.55. The van der Waals surface area contributed by atoms with Gasteiger partial charge in [0.05, 0.1) is 10.6 Å². The van der Waals surface area contributed by atoms with Crippen LogP contribution in [0.3, 0.4) is 0 Å². The molecule has 1 aromatic carbocycles. The molecule has 0 bridgehead atoms. The normalized spacial score (nSPS) is 15.5. The topological polar surface area (TPSA) is 46.2 Å². The summed E-state index contributed by atoms with van der Waals surface area (Å²) >= 11 is 0. The van der Waals surface area contributed by atoms with Crippen molar-refractivity contribution >= 4 is 9.84 Å². The second-order valence-corrected chi connectivity index (χ2v) is 5.72. The monoisotopic (exact) mass is 211 g/mol. The molecule has 0 amide bonds. The number of hydrogen-bond donors (Lipinski definition) is 1. The van der Waals surface area contributed by atoms with Crippen molar-refractivity contribution in [2.45, 2.75) is 24.9 Å². The van der Waals surface area contributed by atoms with Gasteiger partial charge >= 0.3 is 0 Å².